The minimum atomic E-state index is 0.854. The van der Waals surface area contributed by atoms with Gasteiger partial charge >= 0.3 is 0 Å². The monoisotopic (exact) mass is 185 g/mol. The quantitative estimate of drug-likeness (QED) is 0.607. The summed E-state index contributed by atoms with van der Waals surface area (Å²) in [6, 6.07) is 0. The van der Waals surface area contributed by atoms with Crippen LogP contribution >= 0.6 is 0 Å². The first kappa shape index (κ1) is 11.0. The molecule has 0 N–H and O–H groups in total. The first-order valence-electron chi connectivity index (χ1n) is 5.45. The fourth-order valence-corrected chi connectivity index (χ4v) is 2.04. The van der Waals surface area contributed by atoms with Crippen molar-refractivity contribution in [3.63, 3.8) is 0 Å². The van der Waals surface area contributed by atoms with E-state index in [1.807, 2.05) is 0 Å². The molecule has 1 rings (SSSR count). The molecule has 0 radical (unpaired) electrons. The third-order valence-corrected chi connectivity index (χ3v) is 3.07. The van der Waals surface area contributed by atoms with Crippen molar-refractivity contribution in [3.05, 3.63) is 0 Å². The molecule has 1 saturated heterocycles. The summed E-state index contributed by atoms with van der Waals surface area (Å²) >= 11 is 0. The minimum Gasteiger partial charge on any atom is -0.385 e. The maximum Gasteiger partial charge on any atom is 0.0474 e. The van der Waals surface area contributed by atoms with E-state index in [9.17, 15) is 0 Å². The van der Waals surface area contributed by atoms with E-state index in [0.29, 0.717) is 0 Å². The Bertz CT molecular complexity index is 136. The Hall–Kier alpha value is -0.0800. The summed E-state index contributed by atoms with van der Waals surface area (Å²) in [5.74, 6) is 1.79. The third-order valence-electron chi connectivity index (χ3n) is 3.07. The SMILES string of the molecule is COCCCN1CCC(C(C)C)C1. The highest BCUT2D eigenvalue weighted by atomic mass is 16.5. The van der Waals surface area contributed by atoms with Gasteiger partial charge in [-0.1, -0.05) is 13.8 Å². The van der Waals surface area contributed by atoms with Gasteiger partial charge in [0.1, 0.15) is 0 Å². The van der Waals surface area contributed by atoms with Gasteiger partial charge in [0.2, 0.25) is 0 Å². The highest BCUT2D eigenvalue weighted by Gasteiger charge is 2.23. The van der Waals surface area contributed by atoms with Gasteiger partial charge in [0.25, 0.3) is 0 Å². The molecule has 1 heterocycles. The van der Waals surface area contributed by atoms with Gasteiger partial charge in [-0.3, -0.25) is 0 Å². The summed E-state index contributed by atoms with van der Waals surface area (Å²) in [4.78, 5) is 2.57. The molecule has 1 unspecified atom stereocenters. The average molecular weight is 185 g/mol. The zero-order valence-electron chi connectivity index (χ0n) is 9.25. The fourth-order valence-electron chi connectivity index (χ4n) is 2.04. The van der Waals surface area contributed by atoms with Crippen LogP contribution < -0.4 is 0 Å². The lowest BCUT2D eigenvalue weighted by atomic mass is 9.95. The zero-order chi connectivity index (χ0) is 9.68. The standard InChI is InChI=1S/C11H23NO/c1-10(2)11-5-7-12(9-11)6-4-8-13-3/h10-11H,4-9H2,1-3H3. The molecule has 0 aromatic rings. The molecule has 1 atom stereocenters. The molecule has 0 spiro atoms. The molecule has 0 saturated carbocycles. The van der Waals surface area contributed by atoms with Crippen LogP contribution in [0.25, 0.3) is 0 Å². The van der Waals surface area contributed by atoms with E-state index in [-0.39, 0.29) is 0 Å². The molecular weight excluding hydrogens is 162 g/mol. The zero-order valence-corrected chi connectivity index (χ0v) is 9.25. The predicted molar refractivity (Wildman–Crippen MR) is 55.9 cm³/mol. The van der Waals surface area contributed by atoms with Gasteiger partial charge in [0.15, 0.2) is 0 Å². The second-order valence-corrected chi connectivity index (χ2v) is 4.44. The van der Waals surface area contributed by atoms with E-state index in [4.69, 9.17) is 4.74 Å². The first-order chi connectivity index (χ1) is 6.24. The van der Waals surface area contributed by atoms with Crippen molar-refractivity contribution in [3.8, 4) is 0 Å². The Morgan fingerprint density at radius 2 is 2.23 bits per heavy atom. The van der Waals surface area contributed by atoms with Crippen molar-refractivity contribution in [1.82, 2.24) is 4.90 Å². The predicted octanol–water partition coefficient (Wildman–Crippen LogP) is 2.00. The minimum absolute atomic E-state index is 0.854. The number of ether oxygens (including phenoxy) is 1. The van der Waals surface area contributed by atoms with Crippen molar-refractivity contribution < 1.29 is 4.74 Å². The van der Waals surface area contributed by atoms with Gasteiger partial charge in [0, 0.05) is 26.8 Å². The number of methoxy groups -OCH3 is 1. The van der Waals surface area contributed by atoms with Crippen molar-refractivity contribution in [2.24, 2.45) is 11.8 Å². The summed E-state index contributed by atoms with van der Waals surface area (Å²) < 4.78 is 5.05. The van der Waals surface area contributed by atoms with Crippen molar-refractivity contribution in [2.75, 3.05) is 33.4 Å². The first-order valence-corrected chi connectivity index (χ1v) is 5.45. The van der Waals surface area contributed by atoms with Gasteiger partial charge in [-0.15, -0.1) is 0 Å². The van der Waals surface area contributed by atoms with Gasteiger partial charge in [-0.05, 0) is 31.2 Å². The Kier molecular flexibility index (Phi) is 4.74. The van der Waals surface area contributed by atoms with Crippen LogP contribution in [-0.2, 0) is 4.74 Å². The normalized spacial score (nSPS) is 24.5. The lowest BCUT2D eigenvalue weighted by Gasteiger charge is -2.17. The highest BCUT2D eigenvalue weighted by Crippen LogP contribution is 2.23. The molecule has 13 heavy (non-hydrogen) atoms. The Morgan fingerprint density at radius 3 is 2.77 bits per heavy atom. The molecule has 0 aromatic carbocycles. The van der Waals surface area contributed by atoms with Crippen molar-refractivity contribution in [1.29, 1.82) is 0 Å². The highest BCUT2D eigenvalue weighted by molar-refractivity contribution is 4.77. The molecule has 0 bridgehead atoms. The second-order valence-electron chi connectivity index (χ2n) is 4.44. The van der Waals surface area contributed by atoms with Crippen LogP contribution in [0.4, 0.5) is 0 Å². The van der Waals surface area contributed by atoms with Crippen LogP contribution in [0.1, 0.15) is 26.7 Å². The fraction of sp³-hybridized carbons (Fsp3) is 1.00. The van der Waals surface area contributed by atoms with Crippen LogP contribution in [-0.4, -0.2) is 38.3 Å². The molecule has 2 nitrogen and oxygen atoms in total. The summed E-state index contributed by atoms with van der Waals surface area (Å²) in [7, 11) is 1.78. The Balaban J connectivity index is 2.10. The Morgan fingerprint density at radius 1 is 1.46 bits per heavy atom. The summed E-state index contributed by atoms with van der Waals surface area (Å²) in [5, 5.41) is 0. The number of likely N-dealkylation sites (tertiary alicyclic amines) is 1. The largest absolute Gasteiger partial charge is 0.385 e. The number of hydrogen-bond donors (Lipinski definition) is 0. The van der Waals surface area contributed by atoms with E-state index in [2.05, 4.69) is 18.7 Å². The van der Waals surface area contributed by atoms with E-state index >= 15 is 0 Å². The Labute approximate surface area is 82.3 Å². The maximum absolute atomic E-state index is 5.05. The maximum atomic E-state index is 5.05. The van der Waals surface area contributed by atoms with Crippen LogP contribution in [0.5, 0.6) is 0 Å². The second kappa shape index (κ2) is 5.61. The number of nitrogens with zero attached hydrogens (tertiary/aromatic N) is 1. The topological polar surface area (TPSA) is 12.5 Å². The molecule has 0 aromatic heterocycles. The molecule has 78 valence electrons. The van der Waals surface area contributed by atoms with Crippen LogP contribution in [0, 0.1) is 11.8 Å². The van der Waals surface area contributed by atoms with Gasteiger partial charge in [0.05, 0.1) is 0 Å². The van der Waals surface area contributed by atoms with Crippen LogP contribution in [0.3, 0.4) is 0 Å². The van der Waals surface area contributed by atoms with E-state index in [0.717, 1.165) is 18.4 Å². The van der Waals surface area contributed by atoms with E-state index < -0.39 is 0 Å². The molecule has 0 amide bonds. The van der Waals surface area contributed by atoms with Crippen LogP contribution in [0.15, 0.2) is 0 Å². The molecule has 1 aliphatic rings. The lowest BCUT2D eigenvalue weighted by molar-refractivity contribution is 0.177. The smallest absolute Gasteiger partial charge is 0.0474 e. The number of rotatable bonds is 5. The molecule has 1 fully saturated rings. The number of hydrogen-bond acceptors (Lipinski definition) is 2. The van der Waals surface area contributed by atoms with Crippen molar-refractivity contribution in [2.45, 2.75) is 26.7 Å². The van der Waals surface area contributed by atoms with Crippen LogP contribution in [0.2, 0.25) is 0 Å². The van der Waals surface area contributed by atoms with Crippen molar-refractivity contribution >= 4 is 0 Å². The molecular formula is C11H23NO. The summed E-state index contributed by atoms with van der Waals surface area (Å²) in [6.45, 7) is 9.40. The molecule has 0 aliphatic carbocycles. The molecule has 1 aliphatic heterocycles. The van der Waals surface area contributed by atoms with E-state index in [1.165, 1.54) is 32.5 Å². The van der Waals surface area contributed by atoms with Gasteiger partial charge < -0.3 is 9.64 Å². The summed E-state index contributed by atoms with van der Waals surface area (Å²) in [6.07, 6.45) is 2.58. The van der Waals surface area contributed by atoms with Gasteiger partial charge in [-0.2, -0.15) is 0 Å². The molecule has 2 heteroatoms. The van der Waals surface area contributed by atoms with Gasteiger partial charge in [-0.25, -0.2) is 0 Å². The lowest BCUT2D eigenvalue weighted by Crippen LogP contribution is -2.23. The third kappa shape index (κ3) is 3.65. The van der Waals surface area contributed by atoms with E-state index in [1.54, 1.807) is 7.11 Å². The average Bonchev–Trinajstić information content (AvgIpc) is 2.53. The summed E-state index contributed by atoms with van der Waals surface area (Å²) in [5.41, 5.74) is 0.